The van der Waals surface area contributed by atoms with Crippen molar-refractivity contribution in [2.75, 3.05) is 11.9 Å². The number of phenols is 1. The van der Waals surface area contributed by atoms with Crippen LogP contribution >= 0.6 is 0 Å². The summed E-state index contributed by atoms with van der Waals surface area (Å²) in [6.45, 7) is 4.73. The fourth-order valence-corrected chi connectivity index (χ4v) is 3.75. The number of para-hydroxylation sites is 1. The summed E-state index contributed by atoms with van der Waals surface area (Å²) in [4.78, 5) is 10.7. The number of aromatic hydroxyl groups is 1. The van der Waals surface area contributed by atoms with Gasteiger partial charge in [0.2, 0.25) is 0 Å². The predicted octanol–water partition coefficient (Wildman–Crippen LogP) is 0.450. The van der Waals surface area contributed by atoms with Crippen LogP contribution in [0.1, 0.15) is 39.5 Å². The molecule has 1 fully saturated rings. The zero-order chi connectivity index (χ0) is 17.5. The maximum atomic E-state index is 11.0. The Kier molecular flexibility index (Phi) is 7.85. The fourth-order valence-electron chi connectivity index (χ4n) is 2.33. The Hall–Kier alpha value is -1.27. The van der Waals surface area contributed by atoms with Gasteiger partial charge in [-0.3, -0.25) is 0 Å². The summed E-state index contributed by atoms with van der Waals surface area (Å²) in [5.41, 5.74) is -0.00951. The van der Waals surface area contributed by atoms with Gasteiger partial charge in [-0.1, -0.05) is 13.3 Å². The van der Waals surface area contributed by atoms with Crippen molar-refractivity contribution in [1.82, 2.24) is 5.32 Å². The Morgan fingerprint density at radius 1 is 1.39 bits per heavy atom. The molecule has 2 rings (SSSR count). The number of carbonyl (C=O) groups is 1. The minimum absolute atomic E-state index is 0.00951. The van der Waals surface area contributed by atoms with Crippen molar-refractivity contribution in [1.29, 1.82) is 0 Å². The van der Waals surface area contributed by atoms with Crippen LogP contribution in [0.25, 0.3) is 0 Å². The quantitative estimate of drug-likeness (QED) is 0.379. The van der Waals surface area contributed by atoms with E-state index in [-0.39, 0.29) is 5.69 Å². The van der Waals surface area contributed by atoms with Crippen LogP contribution in [0.3, 0.4) is 0 Å². The molecule has 1 aliphatic rings. The Morgan fingerprint density at radius 3 is 2.52 bits per heavy atom. The zero-order valence-electron chi connectivity index (χ0n) is 13.5. The number of hydrogen-bond acceptors (Lipinski definition) is 4. The number of nitrogens with one attached hydrogen (secondary N) is 2. The van der Waals surface area contributed by atoms with E-state index in [9.17, 15) is 13.6 Å². The summed E-state index contributed by atoms with van der Waals surface area (Å²) in [5.74, 6) is -1.01. The maximum Gasteiger partial charge on any atom is 0.00644 e. The van der Waals surface area contributed by atoms with Crippen LogP contribution < -0.4 is 15.0 Å². The normalized spacial score (nSPS) is 17.8. The van der Waals surface area contributed by atoms with Gasteiger partial charge < -0.3 is 5.32 Å². The van der Waals surface area contributed by atoms with Gasteiger partial charge in [-0.2, -0.15) is 0 Å². The summed E-state index contributed by atoms with van der Waals surface area (Å²) < 4.78 is 28.4. The SMILES string of the molecule is CC(=O)Nc1cccc([As](=O)(O)O)c1O.CCC1CCCCN1. The molecule has 23 heavy (non-hydrogen) atoms. The molecule has 5 N–H and O–H groups in total. The molecule has 1 aromatic carbocycles. The molecule has 0 aliphatic carbocycles. The summed E-state index contributed by atoms with van der Waals surface area (Å²) in [6.07, 6.45) is 5.53. The second-order valence-corrected chi connectivity index (χ2v) is 8.75. The van der Waals surface area contributed by atoms with Crippen LogP contribution in [0.15, 0.2) is 18.2 Å². The Morgan fingerprint density at radius 2 is 2.09 bits per heavy atom. The zero-order valence-corrected chi connectivity index (χ0v) is 15.3. The molecule has 1 unspecified atom stereocenters. The number of rotatable bonds is 3. The first-order valence-corrected chi connectivity index (χ1v) is 11.0. The molecule has 0 spiro atoms. The van der Waals surface area contributed by atoms with Gasteiger partial charge in [0.25, 0.3) is 0 Å². The Bertz CT molecular complexity index is 567. The first-order chi connectivity index (χ1) is 10.8. The van der Waals surface area contributed by atoms with Crippen molar-refractivity contribution in [3.63, 3.8) is 0 Å². The second-order valence-electron chi connectivity index (χ2n) is 5.45. The molecule has 0 bridgehead atoms. The van der Waals surface area contributed by atoms with Gasteiger partial charge in [-0.15, -0.1) is 0 Å². The topological polar surface area (TPSA) is 119 Å². The van der Waals surface area contributed by atoms with Crippen molar-refractivity contribution in [2.45, 2.75) is 45.6 Å². The first kappa shape index (κ1) is 19.8. The number of amides is 1. The number of anilines is 1. The molecule has 0 saturated carbocycles. The Balaban J connectivity index is 0.000000277. The maximum absolute atomic E-state index is 11.0. The fraction of sp³-hybridized carbons (Fsp3) is 0.533. The summed E-state index contributed by atoms with van der Waals surface area (Å²) >= 11 is -5.15. The molecule has 1 aromatic rings. The van der Waals surface area contributed by atoms with Crippen LogP contribution in [0.2, 0.25) is 0 Å². The number of hydrogen-bond donors (Lipinski definition) is 5. The minimum atomic E-state index is -5.15. The van der Waals surface area contributed by atoms with Crippen LogP contribution in [0.5, 0.6) is 5.75 Å². The van der Waals surface area contributed by atoms with Crippen LogP contribution in [-0.4, -0.2) is 46.0 Å². The van der Waals surface area contributed by atoms with Gasteiger partial charge in [-0.05, 0) is 25.8 Å². The van der Waals surface area contributed by atoms with Crippen molar-refractivity contribution in [3.05, 3.63) is 18.2 Å². The smallest absolute Gasteiger partial charge is 0.00644 e. The Labute approximate surface area is 139 Å². The predicted molar refractivity (Wildman–Crippen MR) is 88.9 cm³/mol. The summed E-state index contributed by atoms with van der Waals surface area (Å²) in [6, 6.07) is 4.66. The number of phenolic OH excluding ortho intramolecular Hbond substituents is 1. The molecule has 7 nitrogen and oxygen atoms in total. The molecule has 130 valence electrons. The van der Waals surface area contributed by atoms with E-state index in [1.54, 1.807) is 0 Å². The first-order valence-electron chi connectivity index (χ1n) is 7.64. The van der Waals surface area contributed by atoms with Gasteiger partial charge in [0.05, 0.1) is 0 Å². The largest absolute Gasteiger partial charge is 0.314 e. The van der Waals surface area contributed by atoms with E-state index in [2.05, 4.69) is 17.6 Å². The van der Waals surface area contributed by atoms with Crippen molar-refractivity contribution >= 4 is 30.1 Å². The van der Waals surface area contributed by atoms with Crippen molar-refractivity contribution < 1.29 is 21.8 Å². The van der Waals surface area contributed by atoms with Crippen molar-refractivity contribution in [3.8, 4) is 5.75 Å². The second kappa shape index (κ2) is 9.13. The standard InChI is InChI=1S/C8H10AsNO5.C7H15N/c1-5(11)10-7-4-2-3-6(8(7)12)9(13,14)15;1-2-7-5-3-4-6-8-7/h2-4,12H,1H3,(H,10,11)(H2,13,14,15);7-8H,2-6H2,1H3. The molecular formula is C15H25AsN2O5. The van der Waals surface area contributed by atoms with Crippen LogP contribution in [0.4, 0.5) is 5.69 Å². The molecule has 0 aromatic heterocycles. The summed E-state index contributed by atoms with van der Waals surface area (Å²) in [7, 11) is 0. The van der Waals surface area contributed by atoms with E-state index in [0.717, 1.165) is 12.1 Å². The van der Waals surface area contributed by atoms with E-state index >= 15 is 0 Å². The molecule has 1 saturated heterocycles. The third-order valence-corrected chi connectivity index (χ3v) is 5.62. The van der Waals surface area contributed by atoms with E-state index < -0.39 is 30.2 Å². The summed E-state index contributed by atoms with van der Waals surface area (Å²) in [5, 5.41) is 15.2. The van der Waals surface area contributed by atoms with Crippen LogP contribution in [0, 0.1) is 0 Å². The molecule has 1 atom stereocenters. The molecular weight excluding hydrogens is 363 g/mol. The van der Waals surface area contributed by atoms with Gasteiger partial charge in [0.1, 0.15) is 0 Å². The third kappa shape index (κ3) is 6.79. The van der Waals surface area contributed by atoms with E-state index in [4.69, 9.17) is 8.19 Å². The molecule has 1 amide bonds. The van der Waals surface area contributed by atoms with Gasteiger partial charge in [0.15, 0.2) is 0 Å². The number of carbonyl (C=O) groups excluding carboxylic acids is 1. The molecule has 8 heteroatoms. The van der Waals surface area contributed by atoms with E-state index in [1.807, 2.05) is 0 Å². The van der Waals surface area contributed by atoms with E-state index in [1.165, 1.54) is 51.3 Å². The average Bonchev–Trinajstić information content (AvgIpc) is 2.49. The average molecular weight is 388 g/mol. The van der Waals surface area contributed by atoms with Gasteiger partial charge >= 0.3 is 88.1 Å². The van der Waals surface area contributed by atoms with Gasteiger partial charge in [0, 0.05) is 6.04 Å². The van der Waals surface area contributed by atoms with Gasteiger partial charge in [-0.25, -0.2) is 0 Å². The number of piperidine rings is 1. The minimum Gasteiger partial charge on any atom is -0.314 e. The van der Waals surface area contributed by atoms with Crippen molar-refractivity contribution in [2.24, 2.45) is 0 Å². The molecule has 0 radical (unpaired) electrons. The molecule has 1 heterocycles. The molecule has 1 aliphatic heterocycles. The third-order valence-electron chi connectivity index (χ3n) is 3.54. The van der Waals surface area contributed by atoms with E-state index in [0.29, 0.717) is 0 Å². The monoisotopic (exact) mass is 388 g/mol. The number of benzene rings is 1. The van der Waals surface area contributed by atoms with Crippen LogP contribution in [-0.2, 0) is 8.53 Å².